The number of primary amides is 1. The molecule has 0 unspecified atom stereocenters. The maximum atomic E-state index is 11.5. The number of nitrogens with two attached hydrogens (primary N) is 1. The van der Waals surface area contributed by atoms with E-state index in [2.05, 4.69) is 9.97 Å². The van der Waals surface area contributed by atoms with E-state index in [1.54, 1.807) is 0 Å². The van der Waals surface area contributed by atoms with Crippen molar-refractivity contribution in [3.05, 3.63) is 17.5 Å². The molecule has 0 aliphatic carbocycles. The molecule has 0 spiro atoms. The summed E-state index contributed by atoms with van der Waals surface area (Å²) < 4.78 is 0. The van der Waals surface area contributed by atoms with E-state index in [0.717, 1.165) is 11.4 Å². The number of rotatable bonds is 2. The van der Waals surface area contributed by atoms with Crippen molar-refractivity contribution >= 4 is 17.8 Å². The van der Waals surface area contributed by atoms with Gasteiger partial charge in [0.25, 0.3) is 0 Å². The zero-order chi connectivity index (χ0) is 14.9. The molecule has 1 aliphatic heterocycles. The maximum absolute atomic E-state index is 11.5. The summed E-state index contributed by atoms with van der Waals surface area (Å²) in [7, 11) is 0. The van der Waals surface area contributed by atoms with Crippen molar-refractivity contribution in [1.82, 2.24) is 14.9 Å². The molecule has 1 saturated heterocycles. The molecule has 1 atom stereocenters. The number of aryl methyl sites for hydroxylation is 2. The van der Waals surface area contributed by atoms with E-state index < -0.39 is 11.9 Å². The number of anilines is 1. The van der Waals surface area contributed by atoms with E-state index >= 15 is 0 Å². The molecule has 7 heteroatoms. The third-order valence-electron chi connectivity index (χ3n) is 3.37. The summed E-state index contributed by atoms with van der Waals surface area (Å²) in [4.78, 5) is 35.2. The van der Waals surface area contributed by atoms with Crippen LogP contribution in [-0.2, 0) is 9.59 Å². The van der Waals surface area contributed by atoms with Crippen molar-refractivity contribution in [2.45, 2.75) is 26.8 Å². The normalized spacial score (nSPS) is 19.1. The van der Waals surface area contributed by atoms with Gasteiger partial charge in [0.1, 0.15) is 6.04 Å². The standard InChI is InChI=1S/C13H19N5O2/c1-8-6-9(2)16-13(15-8)17-4-5-18(10(3)19)11(7-17)12(14)20/h6,11H,4-5,7H2,1-3H3,(H2,14,20)/t11-/m0/s1. The first kappa shape index (κ1) is 14.2. The lowest BCUT2D eigenvalue weighted by Crippen LogP contribution is -2.59. The minimum absolute atomic E-state index is 0.144. The maximum Gasteiger partial charge on any atom is 0.242 e. The number of nitrogens with zero attached hydrogens (tertiary/aromatic N) is 4. The third-order valence-corrected chi connectivity index (χ3v) is 3.37. The smallest absolute Gasteiger partial charge is 0.242 e. The fraction of sp³-hybridized carbons (Fsp3) is 0.538. The molecule has 7 nitrogen and oxygen atoms in total. The van der Waals surface area contributed by atoms with Gasteiger partial charge in [-0.2, -0.15) is 0 Å². The first-order valence-electron chi connectivity index (χ1n) is 6.52. The van der Waals surface area contributed by atoms with Gasteiger partial charge in [-0.05, 0) is 19.9 Å². The number of piperazine rings is 1. The van der Waals surface area contributed by atoms with Gasteiger partial charge in [-0.1, -0.05) is 0 Å². The van der Waals surface area contributed by atoms with Crippen LogP contribution in [0.1, 0.15) is 18.3 Å². The molecule has 2 heterocycles. The Balaban J connectivity index is 2.24. The average Bonchev–Trinajstić information content (AvgIpc) is 2.36. The van der Waals surface area contributed by atoms with Crippen molar-refractivity contribution in [3.63, 3.8) is 0 Å². The molecule has 1 aliphatic rings. The van der Waals surface area contributed by atoms with Gasteiger partial charge < -0.3 is 15.5 Å². The van der Waals surface area contributed by atoms with E-state index in [4.69, 9.17) is 5.73 Å². The van der Waals surface area contributed by atoms with Gasteiger partial charge in [-0.15, -0.1) is 0 Å². The van der Waals surface area contributed by atoms with Gasteiger partial charge in [-0.25, -0.2) is 9.97 Å². The average molecular weight is 277 g/mol. The van der Waals surface area contributed by atoms with E-state index in [9.17, 15) is 9.59 Å². The number of hydrogen-bond donors (Lipinski definition) is 1. The summed E-state index contributed by atoms with van der Waals surface area (Å²) in [6.07, 6.45) is 0. The van der Waals surface area contributed by atoms with Crippen LogP contribution in [0.15, 0.2) is 6.07 Å². The topological polar surface area (TPSA) is 92.4 Å². The number of amides is 2. The highest BCUT2D eigenvalue weighted by atomic mass is 16.2. The van der Waals surface area contributed by atoms with E-state index in [1.165, 1.54) is 11.8 Å². The van der Waals surface area contributed by atoms with Crippen LogP contribution >= 0.6 is 0 Å². The van der Waals surface area contributed by atoms with Crippen LogP contribution in [0, 0.1) is 13.8 Å². The third kappa shape index (κ3) is 2.87. The van der Waals surface area contributed by atoms with Crippen molar-refractivity contribution in [2.75, 3.05) is 24.5 Å². The van der Waals surface area contributed by atoms with Crippen LogP contribution in [0.3, 0.4) is 0 Å². The lowest BCUT2D eigenvalue weighted by atomic mass is 10.1. The Morgan fingerprint density at radius 3 is 2.35 bits per heavy atom. The highest BCUT2D eigenvalue weighted by Crippen LogP contribution is 2.16. The fourth-order valence-electron chi connectivity index (χ4n) is 2.43. The Labute approximate surface area is 117 Å². The van der Waals surface area contributed by atoms with Crippen molar-refractivity contribution in [1.29, 1.82) is 0 Å². The molecule has 0 bridgehead atoms. The fourth-order valence-corrected chi connectivity index (χ4v) is 2.43. The second kappa shape index (κ2) is 5.44. The molecule has 1 aromatic heterocycles. The van der Waals surface area contributed by atoms with E-state index in [1.807, 2.05) is 24.8 Å². The molecule has 0 saturated carbocycles. The SMILES string of the molecule is CC(=O)N1CCN(c2nc(C)cc(C)n2)C[C@H]1C(N)=O. The molecule has 1 fully saturated rings. The molecule has 1 aromatic rings. The Kier molecular flexibility index (Phi) is 3.87. The zero-order valence-electron chi connectivity index (χ0n) is 12.0. The first-order chi connectivity index (χ1) is 9.38. The second-order valence-corrected chi connectivity index (χ2v) is 5.03. The van der Waals surface area contributed by atoms with Crippen LogP contribution in [0.4, 0.5) is 5.95 Å². The second-order valence-electron chi connectivity index (χ2n) is 5.03. The van der Waals surface area contributed by atoms with Gasteiger partial charge in [-0.3, -0.25) is 9.59 Å². The minimum atomic E-state index is -0.634. The van der Waals surface area contributed by atoms with E-state index in [0.29, 0.717) is 25.6 Å². The number of hydrogen-bond acceptors (Lipinski definition) is 5. The monoisotopic (exact) mass is 277 g/mol. The predicted octanol–water partition coefficient (Wildman–Crippen LogP) is -0.384. The molecular weight excluding hydrogens is 258 g/mol. The van der Waals surface area contributed by atoms with Gasteiger partial charge in [0.05, 0.1) is 6.54 Å². The summed E-state index contributed by atoms with van der Waals surface area (Å²) in [5, 5.41) is 0. The largest absolute Gasteiger partial charge is 0.368 e. The summed E-state index contributed by atoms with van der Waals surface area (Å²) in [6.45, 7) is 6.60. The van der Waals surface area contributed by atoms with Gasteiger partial charge >= 0.3 is 0 Å². The molecule has 0 aromatic carbocycles. The Bertz CT molecular complexity index is 525. The van der Waals surface area contributed by atoms with Crippen LogP contribution in [0.25, 0.3) is 0 Å². The predicted molar refractivity (Wildman–Crippen MR) is 74.1 cm³/mol. The summed E-state index contributed by atoms with van der Waals surface area (Å²) in [6, 6.07) is 1.26. The molecule has 108 valence electrons. The molecule has 2 N–H and O–H groups in total. The van der Waals surface area contributed by atoms with Crippen LogP contribution in [-0.4, -0.2) is 52.4 Å². The van der Waals surface area contributed by atoms with Crippen molar-refractivity contribution in [2.24, 2.45) is 5.73 Å². The number of carbonyl (C=O) groups is 2. The molecular formula is C13H19N5O2. The summed E-state index contributed by atoms with van der Waals surface area (Å²) in [5.41, 5.74) is 7.14. The van der Waals surface area contributed by atoms with Crippen molar-refractivity contribution < 1.29 is 9.59 Å². The van der Waals surface area contributed by atoms with E-state index in [-0.39, 0.29) is 5.91 Å². The lowest BCUT2D eigenvalue weighted by Gasteiger charge is -2.39. The molecule has 0 radical (unpaired) electrons. The van der Waals surface area contributed by atoms with Crippen LogP contribution < -0.4 is 10.6 Å². The zero-order valence-corrected chi connectivity index (χ0v) is 12.0. The van der Waals surface area contributed by atoms with Crippen LogP contribution in [0.5, 0.6) is 0 Å². The molecule has 2 rings (SSSR count). The van der Waals surface area contributed by atoms with Gasteiger partial charge in [0, 0.05) is 31.4 Å². The Hall–Kier alpha value is -2.18. The molecule has 20 heavy (non-hydrogen) atoms. The first-order valence-corrected chi connectivity index (χ1v) is 6.52. The molecule has 2 amide bonds. The van der Waals surface area contributed by atoms with Gasteiger partial charge in [0.15, 0.2) is 0 Å². The minimum Gasteiger partial charge on any atom is -0.368 e. The number of carbonyl (C=O) groups excluding carboxylic acids is 2. The Morgan fingerprint density at radius 1 is 1.25 bits per heavy atom. The quantitative estimate of drug-likeness (QED) is 0.795. The highest BCUT2D eigenvalue weighted by Gasteiger charge is 2.33. The van der Waals surface area contributed by atoms with Crippen LogP contribution in [0.2, 0.25) is 0 Å². The Morgan fingerprint density at radius 2 is 1.85 bits per heavy atom. The number of aromatic nitrogens is 2. The highest BCUT2D eigenvalue weighted by molar-refractivity contribution is 5.86. The van der Waals surface area contributed by atoms with Crippen molar-refractivity contribution in [3.8, 4) is 0 Å². The summed E-state index contributed by atoms with van der Waals surface area (Å²) >= 11 is 0. The van der Waals surface area contributed by atoms with Gasteiger partial charge in [0.2, 0.25) is 17.8 Å². The lowest BCUT2D eigenvalue weighted by molar-refractivity contribution is -0.138. The summed E-state index contributed by atoms with van der Waals surface area (Å²) in [5.74, 6) is -0.0685.